The van der Waals surface area contributed by atoms with Crippen molar-refractivity contribution in [3.05, 3.63) is 24.3 Å². The number of carbonyl (C=O) groups excluding carboxylic acids is 1. The second-order valence-electron chi connectivity index (χ2n) is 6.34. The highest BCUT2D eigenvalue weighted by atomic mass is 32.2. The maximum atomic E-state index is 12.4. The molecule has 1 aliphatic rings. The van der Waals surface area contributed by atoms with E-state index in [1.165, 1.54) is 12.1 Å². The molecule has 1 fully saturated rings. The molecule has 0 aliphatic carbocycles. The van der Waals surface area contributed by atoms with E-state index in [2.05, 4.69) is 14.9 Å². The predicted molar refractivity (Wildman–Crippen MR) is 97.0 cm³/mol. The minimum Gasteiger partial charge on any atom is -0.373 e. The molecule has 1 saturated heterocycles. The van der Waals surface area contributed by atoms with Crippen LogP contribution in [0.4, 0.5) is 5.69 Å². The fourth-order valence-corrected chi connectivity index (χ4v) is 3.88. The highest BCUT2D eigenvalue weighted by molar-refractivity contribution is 7.89. The van der Waals surface area contributed by atoms with Crippen LogP contribution in [0.1, 0.15) is 27.2 Å². The van der Waals surface area contributed by atoms with Crippen LogP contribution in [-0.2, 0) is 19.6 Å². The van der Waals surface area contributed by atoms with Crippen molar-refractivity contribution in [3.8, 4) is 0 Å². The van der Waals surface area contributed by atoms with E-state index >= 15 is 0 Å². The Hall–Kier alpha value is -1.48. The zero-order valence-corrected chi connectivity index (χ0v) is 15.8. The summed E-state index contributed by atoms with van der Waals surface area (Å²) in [4.78, 5) is 13.7. The van der Waals surface area contributed by atoms with Crippen LogP contribution >= 0.6 is 0 Å². The molecular weight excluding hydrogens is 342 g/mol. The number of sulfonamides is 1. The number of anilines is 1. The summed E-state index contributed by atoms with van der Waals surface area (Å²) in [7, 11) is -3.56. The van der Waals surface area contributed by atoms with E-state index in [0.717, 1.165) is 13.1 Å². The molecule has 0 spiro atoms. The van der Waals surface area contributed by atoms with E-state index in [4.69, 9.17) is 4.74 Å². The number of rotatable bonds is 7. The normalized spacial score (nSPS) is 21.9. The summed E-state index contributed by atoms with van der Waals surface area (Å²) < 4.78 is 33.0. The summed E-state index contributed by atoms with van der Waals surface area (Å²) >= 11 is 0. The highest BCUT2D eigenvalue weighted by Crippen LogP contribution is 2.14. The molecule has 2 atom stereocenters. The smallest absolute Gasteiger partial charge is 0.240 e. The molecule has 1 heterocycles. The van der Waals surface area contributed by atoms with Crippen molar-refractivity contribution >= 4 is 21.6 Å². The fourth-order valence-electron chi connectivity index (χ4n) is 2.86. The predicted octanol–water partition coefficient (Wildman–Crippen LogP) is 1.42. The summed E-state index contributed by atoms with van der Waals surface area (Å²) in [6, 6.07) is 6.17. The highest BCUT2D eigenvalue weighted by Gasteiger charge is 2.22. The summed E-state index contributed by atoms with van der Waals surface area (Å²) in [6.45, 7) is 8.39. The van der Waals surface area contributed by atoms with Crippen LogP contribution in [0.2, 0.25) is 0 Å². The maximum absolute atomic E-state index is 12.4. The molecule has 0 aromatic heterocycles. The van der Waals surface area contributed by atoms with Gasteiger partial charge < -0.3 is 10.1 Å². The van der Waals surface area contributed by atoms with E-state index in [-0.39, 0.29) is 23.0 Å². The number of carbonyl (C=O) groups is 1. The number of morpholine rings is 1. The van der Waals surface area contributed by atoms with Crippen LogP contribution in [-0.4, -0.2) is 57.6 Å². The Balaban J connectivity index is 1.87. The van der Waals surface area contributed by atoms with Gasteiger partial charge in [-0.2, -0.15) is 0 Å². The van der Waals surface area contributed by atoms with Crippen molar-refractivity contribution in [2.45, 2.75) is 44.3 Å². The number of hydrogen-bond donors (Lipinski definition) is 2. The van der Waals surface area contributed by atoms with Gasteiger partial charge in [0.2, 0.25) is 15.9 Å². The molecule has 25 heavy (non-hydrogen) atoms. The van der Waals surface area contributed by atoms with Gasteiger partial charge >= 0.3 is 0 Å². The third-order valence-electron chi connectivity index (χ3n) is 3.98. The molecule has 0 bridgehead atoms. The molecule has 0 saturated carbocycles. The van der Waals surface area contributed by atoms with E-state index in [1.54, 1.807) is 19.1 Å². The van der Waals surface area contributed by atoms with Crippen molar-refractivity contribution in [1.82, 2.24) is 9.62 Å². The lowest BCUT2D eigenvalue weighted by atomic mass is 10.2. The minimum atomic E-state index is -3.56. The number of hydrogen-bond acceptors (Lipinski definition) is 5. The molecule has 140 valence electrons. The first-order valence-corrected chi connectivity index (χ1v) is 10.1. The molecule has 2 rings (SSSR count). The average Bonchev–Trinajstić information content (AvgIpc) is 2.54. The first-order valence-electron chi connectivity index (χ1n) is 8.57. The van der Waals surface area contributed by atoms with Gasteiger partial charge in [-0.15, -0.1) is 0 Å². The second-order valence-corrected chi connectivity index (χ2v) is 8.11. The van der Waals surface area contributed by atoms with Crippen molar-refractivity contribution < 1.29 is 17.9 Å². The summed E-state index contributed by atoms with van der Waals surface area (Å²) in [5, 5.41) is 2.69. The molecule has 1 aromatic carbocycles. The first-order chi connectivity index (χ1) is 11.8. The molecular formula is C17H27N3O4S. The lowest BCUT2D eigenvalue weighted by molar-refractivity contribution is -0.115. The zero-order chi connectivity index (χ0) is 18.4. The van der Waals surface area contributed by atoms with Crippen LogP contribution in [0.25, 0.3) is 0 Å². The standard InChI is InChI=1S/C17H27N3O4S/c1-4-17(21)19-15-5-7-16(8-6-15)25(22,23)18-9-10-20-11-13(2)24-14(3)12-20/h5-8,13-14,18H,4,9-12H2,1-3H3,(H,19,21). The van der Waals surface area contributed by atoms with Crippen molar-refractivity contribution in [2.75, 3.05) is 31.5 Å². The Bertz CT molecular complexity index is 666. The van der Waals surface area contributed by atoms with Gasteiger partial charge in [-0.25, -0.2) is 13.1 Å². The van der Waals surface area contributed by atoms with Gasteiger partial charge in [-0.05, 0) is 38.1 Å². The third kappa shape index (κ3) is 6.07. The second kappa shape index (κ2) is 8.75. The SMILES string of the molecule is CCC(=O)Nc1ccc(S(=O)(=O)NCCN2CC(C)OC(C)C2)cc1. The lowest BCUT2D eigenvalue weighted by Crippen LogP contribution is -2.47. The molecule has 2 unspecified atom stereocenters. The molecule has 7 nitrogen and oxygen atoms in total. The zero-order valence-electron chi connectivity index (χ0n) is 15.0. The van der Waals surface area contributed by atoms with Crippen LogP contribution in [0.5, 0.6) is 0 Å². The van der Waals surface area contributed by atoms with Crippen LogP contribution < -0.4 is 10.0 Å². The Kier molecular flexibility index (Phi) is 6.95. The first kappa shape index (κ1) is 19.8. The number of nitrogens with zero attached hydrogens (tertiary/aromatic N) is 1. The van der Waals surface area contributed by atoms with Gasteiger partial charge in [0.05, 0.1) is 17.1 Å². The maximum Gasteiger partial charge on any atom is 0.240 e. The Labute approximate surface area is 149 Å². The van der Waals surface area contributed by atoms with E-state index in [1.807, 2.05) is 13.8 Å². The van der Waals surface area contributed by atoms with E-state index in [9.17, 15) is 13.2 Å². The van der Waals surface area contributed by atoms with Crippen LogP contribution in [0, 0.1) is 0 Å². The van der Waals surface area contributed by atoms with Gasteiger partial charge in [0, 0.05) is 38.3 Å². The number of benzene rings is 1. The number of ether oxygens (including phenoxy) is 1. The number of amides is 1. The molecule has 2 N–H and O–H groups in total. The van der Waals surface area contributed by atoms with Gasteiger partial charge in [0.25, 0.3) is 0 Å². The largest absolute Gasteiger partial charge is 0.373 e. The molecule has 8 heteroatoms. The summed E-state index contributed by atoms with van der Waals surface area (Å²) in [5.74, 6) is -0.109. The quantitative estimate of drug-likeness (QED) is 0.759. The van der Waals surface area contributed by atoms with Crippen LogP contribution in [0.15, 0.2) is 29.2 Å². The minimum absolute atomic E-state index is 0.109. The molecule has 0 radical (unpaired) electrons. The monoisotopic (exact) mass is 369 g/mol. The number of nitrogens with one attached hydrogen (secondary N) is 2. The van der Waals surface area contributed by atoms with E-state index < -0.39 is 10.0 Å². The van der Waals surface area contributed by atoms with Crippen LogP contribution in [0.3, 0.4) is 0 Å². The summed E-state index contributed by atoms with van der Waals surface area (Å²) in [6.07, 6.45) is 0.692. The average molecular weight is 369 g/mol. The molecule has 1 amide bonds. The topological polar surface area (TPSA) is 87.7 Å². The Morgan fingerprint density at radius 3 is 2.36 bits per heavy atom. The van der Waals surface area contributed by atoms with Gasteiger partial charge in [-0.1, -0.05) is 6.92 Å². The van der Waals surface area contributed by atoms with Gasteiger partial charge in [0.1, 0.15) is 0 Å². The lowest BCUT2D eigenvalue weighted by Gasteiger charge is -2.35. The molecule has 1 aliphatic heterocycles. The Morgan fingerprint density at radius 1 is 1.20 bits per heavy atom. The van der Waals surface area contributed by atoms with Crippen molar-refractivity contribution in [1.29, 1.82) is 0 Å². The van der Waals surface area contributed by atoms with Gasteiger partial charge in [-0.3, -0.25) is 9.69 Å². The fraction of sp³-hybridized carbons (Fsp3) is 0.588. The van der Waals surface area contributed by atoms with E-state index in [0.29, 0.717) is 25.2 Å². The molecule has 1 aromatic rings. The Morgan fingerprint density at radius 2 is 1.80 bits per heavy atom. The van der Waals surface area contributed by atoms with Crippen molar-refractivity contribution in [3.63, 3.8) is 0 Å². The van der Waals surface area contributed by atoms with Gasteiger partial charge in [0.15, 0.2) is 0 Å². The third-order valence-corrected chi connectivity index (χ3v) is 5.46. The van der Waals surface area contributed by atoms with Crippen molar-refractivity contribution in [2.24, 2.45) is 0 Å². The summed E-state index contributed by atoms with van der Waals surface area (Å²) in [5.41, 5.74) is 0.585.